The van der Waals surface area contributed by atoms with Crippen molar-refractivity contribution >= 4 is 34.3 Å². The van der Waals surface area contributed by atoms with Crippen molar-refractivity contribution in [2.75, 3.05) is 11.1 Å². The fraction of sp³-hybridized carbons (Fsp3) is 0.211. The molecule has 0 spiro atoms. The van der Waals surface area contributed by atoms with Gasteiger partial charge in [-0.1, -0.05) is 49.0 Å². The lowest BCUT2D eigenvalue weighted by Gasteiger charge is -2.11. The molecule has 0 unspecified atom stereocenters. The minimum atomic E-state index is -0.117. The van der Waals surface area contributed by atoms with E-state index in [1.807, 2.05) is 36.4 Å². The first-order valence-corrected chi connectivity index (χ1v) is 9.05. The zero-order valence-electron chi connectivity index (χ0n) is 14.2. The molecule has 1 amide bonds. The predicted octanol–water partition coefficient (Wildman–Crippen LogP) is 3.23. The van der Waals surface area contributed by atoms with Gasteiger partial charge in [-0.15, -0.1) is 0 Å². The number of aromatic nitrogens is 2. The number of anilines is 1. The summed E-state index contributed by atoms with van der Waals surface area (Å²) in [6.07, 6.45) is 0.852. The van der Waals surface area contributed by atoms with Crippen LogP contribution in [0.15, 0.2) is 58.5 Å². The average molecular weight is 353 g/mol. The molecule has 3 rings (SSSR count). The van der Waals surface area contributed by atoms with E-state index in [1.54, 1.807) is 19.2 Å². The molecular formula is C19H19N3O2S. The van der Waals surface area contributed by atoms with Crippen molar-refractivity contribution in [2.45, 2.75) is 18.5 Å². The van der Waals surface area contributed by atoms with Gasteiger partial charge in [-0.25, -0.2) is 4.98 Å². The van der Waals surface area contributed by atoms with Crippen molar-refractivity contribution < 1.29 is 4.79 Å². The van der Waals surface area contributed by atoms with Crippen molar-refractivity contribution in [1.29, 1.82) is 0 Å². The number of amides is 1. The Bertz CT molecular complexity index is 982. The maximum atomic E-state index is 12.4. The Hall–Kier alpha value is -2.60. The third-order valence-corrected chi connectivity index (χ3v) is 4.98. The van der Waals surface area contributed by atoms with E-state index in [9.17, 15) is 9.59 Å². The van der Waals surface area contributed by atoms with Crippen LogP contribution in [0.5, 0.6) is 0 Å². The average Bonchev–Trinajstić information content (AvgIpc) is 2.64. The highest BCUT2D eigenvalue weighted by Gasteiger charge is 2.11. The van der Waals surface area contributed by atoms with E-state index in [-0.39, 0.29) is 17.2 Å². The molecule has 0 saturated heterocycles. The van der Waals surface area contributed by atoms with Crippen LogP contribution < -0.4 is 10.9 Å². The summed E-state index contributed by atoms with van der Waals surface area (Å²) in [4.78, 5) is 29.1. The molecule has 5 nitrogen and oxygen atoms in total. The zero-order valence-corrected chi connectivity index (χ0v) is 15.0. The van der Waals surface area contributed by atoms with E-state index in [4.69, 9.17) is 0 Å². The molecule has 0 aliphatic carbocycles. The number of para-hydroxylation sites is 2. The molecular weight excluding hydrogens is 334 g/mol. The van der Waals surface area contributed by atoms with Gasteiger partial charge in [-0.3, -0.25) is 14.2 Å². The number of rotatable bonds is 5. The van der Waals surface area contributed by atoms with Gasteiger partial charge in [0.2, 0.25) is 5.91 Å². The Labute approximate surface area is 150 Å². The highest BCUT2D eigenvalue weighted by atomic mass is 32.2. The molecule has 0 atom stereocenters. The summed E-state index contributed by atoms with van der Waals surface area (Å²) in [5.74, 6) is 0.0738. The minimum Gasteiger partial charge on any atom is -0.325 e. The molecule has 25 heavy (non-hydrogen) atoms. The van der Waals surface area contributed by atoms with Crippen LogP contribution in [0.4, 0.5) is 5.69 Å². The largest absolute Gasteiger partial charge is 0.325 e. The van der Waals surface area contributed by atoms with E-state index in [1.165, 1.54) is 16.3 Å². The van der Waals surface area contributed by atoms with Gasteiger partial charge in [-0.05, 0) is 30.2 Å². The normalized spacial score (nSPS) is 10.8. The molecule has 128 valence electrons. The molecule has 0 radical (unpaired) electrons. The molecule has 2 aromatic carbocycles. The van der Waals surface area contributed by atoms with Gasteiger partial charge in [0.1, 0.15) is 0 Å². The van der Waals surface area contributed by atoms with Crippen LogP contribution in [0.1, 0.15) is 12.5 Å². The maximum absolute atomic E-state index is 12.4. The van der Waals surface area contributed by atoms with Crippen molar-refractivity contribution in [2.24, 2.45) is 7.05 Å². The zero-order chi connectivity index (χ0) is 17.8. The molecule has 0 saturated carbocycles. The molecule has 1 N–H and O–H groups in total. The number of carbonyl (C=O) groups excluding carboxylic acids is 1. The van der Waals surface area contributed by atoms with E-state index in [2.05, 4.69) is 17.2 Å². The highest BCUT2D eigenvalue weighted by molar-refractivity contribution is 7.99. The number of hydrogen-bond acceptors (Lipinski definition) is 4. The standard InChI is InChI=1S/C19H19N3O2S/c1-3-13-8-4-6-10-15(13)20-17(23)12-25-19-21-16-11-7-5-9-14(16)18(24)22(19)2/h4-11H,3,12H2,1-2H3,(H,20,23). The molecule has 1 aromatic heterocycles. The van der Waals surface area contributed by atoms with Crippen molar-refractivity contribution in [3.05, 3.63) is 64.4 Å². The Morgan fingerprint density at radius 2 is 1.88 bits per heavy atom. The third-order valence-electron chi connectivity index (χ3n) is 3.95. The number of fused-ring (bicyclic) bond motifs is 1. The number of nitrogens with one attached hydrogen (secondary N) is 1. The second-order valence-electron chi connectivity index (χ2n) is 5.62. The van der Waals surface area contributed by atoms with Gasteiger partial charge in [0, 0.05) is 12.7 Å². The second kappa shape index (κ2) is 7.53. The molecule has 6 heteroatoms. The van der Waals surface area contributed by atoms with E-state index in [0.717, 1.165) is 17.7 Å². The lowest BCUT2D eigenvalue weighted by molar-refractivity contribution is -0.113. The van der Waals surface area contributed by atoms with Crippen molar-refractivity contribution in [3.8, 4) is 0 Å². The smallest absolute Gasteiger partial charge is 0.261 e. The number of hydrogen-bond donors (Lipinski definition) is 1. The molecule has 0 bridgehead atoms. The topological polar surface area (TPSA) is 64.0 Å². The lowest BCUT2D eigenvalue weighted by Crippen LogP contribution is -2.21. The monoisotopic (exact) mass is 353 g/mol. The summed E-state index contributed by atoms with van der Waals surface area (Å²) in [6, 6.07) is 15.0. The van der Waals surface area contributed by atoms with Gasteiger partial charge < -0.3 is 5.32 Å². The number of carbonyl (C=O) groups is 1. The van der Waals surface area contributed by atoms with Crippen LogP contribution in [0, 0.1) is 0 Å². The summed E-state index contributed by atoms with van der Waals surface area (Å²) in [7, 11) is 1.67. The van der Waals surface area contributed by atoms with E-state index < -0.39 is 0 Å². The van der Waals surface area contributed by atoms with E-state index in [0.29, 0.717) is 16.1 Å². The Balaban J connectivity index is 1.75. The molecule has 1 heterocycles. The van der Waals surface area contributed by atoms with Gasteiger partial charge in [0.15, 0.2) is 5.16 Å². The first-order chi connectivity index (χ1) is 12.1. The summed E-state index contributed by atoms with van der Waals surface area (Å²) in [6.45, 7) is 2.05. The quantitative estimate of drug-likeness (QED) is 0.565. The van der Waals surface area contributed by atoms with Crippen LogP contribution >= 0.6 is 11.8 Å². The van der Waals surface area contributed by atoms with Crippen molar-refractivity contribution in [1.82, 2.24) is 9.55 Å². The SMILES string of the molecule is CCc1ccccc1NC(=O)CSc1nc2ccccc2c(=O)n1C. The van der Waals surface area contributed by atoms with Crippen LogP contribution in [-0.4, -0.2) is 21.2 Å². The van der Waals surface area contributed by atoms with Gasteiger partial charge in [0.05, 0.1) is 16.7 Å². The van der Waals surface area contributed by atoms with Crippen LogP contribution in [0.2, 0.25) is 0 Å². The molecule has 3 aromatic rings. The number of nitrogens with zero attached hydrogens (tertiary/aromatic N) is 2. The summed E-state index contributed by atoms with van der Waals surface area (Å²) in [5, 5.41) is 4.04. The molecule has 0 fully saturated rings. The Morgan fingerprint density at radius 3 is 2.68 bits per heavy atom. The predicted molar refractivity (Wildman–Crippen MR) is 102 cm³/mol. The second-order valence-corrected chi connectivity index (χ2v) is 6.57. The number of aryl methyl sites for hydroxylation is 1. The number of benzene rings is 2. The Morgan fingerprint density at radius 1 is 1.16 bits per heavy atom. The lowest BCUT2D eigenvalue weighted by atomic mass is 10.1. The maximum Gasteiger partial charge on any atom is 0.261 e. The van der Waals surface area contributed by atoms with Gasteiger partial charge in [0.25, 0.3) is 5.56 Å². The molecule has 0 aliphatic heterocycles. The van der Waals surface area contributed by atoms with Crippen LogP contribution in [0.3, 0.4) is 0 Å². The highest BCUT2D eigenvalue weighted by Crippen LogP contribution is 2.19. The fourth-order valence-corrected chi connectivity index (χ4v) is 3.37. The fourth-order valence-electron chi connectivity index (χ4n) is 2.59. The van der Waals surface area contributed by atoms with Crippen LogP contribution in [0.25, 0.3) is 10.9 Å². The van der Waals surface area contributed by atoms with Crippen molar-refractivity contribution in [3.63, 3.8) is 0 Å². The minimum absolute atomic E-state index is 0.107. The third kappa shape index (κ3) is 3.74. The molecule has 0 aliphatic rings. The number of thioether (sulfide) groups is 1. The van der Waals surface area contributed by atoms with Crippen LogP contribution in [-0.2, 0) is 18.3 Å². The Kier molecular flexibility index (Phi) is 5.19. The van der Waals surface area contributed by atoms with E-state index >= 15 is 0 Å². The van der Waals surface area contributed by atoms with Gasteiger partial charge in [-0.2, -0.15) is 0 Å². The first kappa shape index (κ1) is 17.2. The summed E-state index contributed by atoms with van der Waals surface area (Å²) in [5.41, 5.74) is 2.46. The summed E-state index contributed by atoms with van der Waals surface area (Å²) < 4.78 is 1.49. The summed E-state index contributed by atoms with van der Waals surface area (Å²) >= 11 is 1.26. The first-order valence-electron chi connectivity index (χ1n) is 8.06. The van der Waals surface area contributed by atoms with Gasteiger partial charge >= 0.3 is 0 Å².